The molecule has 26 heavy (non-hydrogen) atoms. The minimum absolute atomic E-state index is 0.0237. The fraction of sp³-hybridized carbons (Fsp3) is 0.333. The van der Waals surface area contributed by atoms with E-state index in [1.54, 1.807) is 12.1 Å². The zero-order valence-corrected chi connectivity index (χ0v) is 14.6. The SMILES string of the molecule is Cc1ccccc1OC1CCC2(CC1)C(=O)Nc1ccc(C(=O)O)cc12. The maximum atomic E-state index is 12.7. The fourth-order valence-corrected chi connectivity index (χ4v) is 4.11. The van der Waals surface area contributed by atoms with Crippen LogP contribution < -0.4 is 10.1 Å². The molecule has 2 N–H and O–H groups in total. The van der Waals surface area contributed by atoms with E-state index in [0.29, 0.717) is 12.8 Å². The van der Waals surface area contributed by atoms with Crippen molar-refractivity contribution in [2.45, 2.75) is 44.1 Å². The van der Waals surface area contributed by atoms with Crippen LogP contribution in [0.1, 0.15) is 47.2 Å². The normalized spacial score (nSPS) is 24.2. The number of hydrogen-bond acceptors (Lipinski definition) is 3. The number of para-hydroxylation sites is 1. The molecule has 0 radical (unpaired) electrons. The Morgan fingerprint density at radius 3 is 2.62 bits per heavy atom. The average molecular weight is 351 g/mol. The van der Waals surface area contributed by atoms with E-state index in [2.05, 4.69) is 5.32 Å². The third-order valence-corrected chi connectivity index (χ3v) is 5.64. The summed E-state index contributed by atoms with van der Waals surface area (Å²) >= 11 is 0. The number of carbonyl (C=O) groups is 2. The molecule has 1 aliphatic heterocycles. The Morgan fingerprint density at radius 1 is 1.19 bits per heavy atom. The van der Waals surface area contributed by atoms with Crippen LogP contribution in [0.2, 0.25) is 0 Å². The summed E-state index contributed by atoms with van der Waals surface area (Å²) < 4.78 is 6.15. The molecular formula is C21H21NO4. The van der Waals surface area contributed by atoms with Gasteiger partial charge in [0.2, 0.25) is 5.91 Å². The molecular weight excluding hydrogens is 330 g/mol. The molecule has 1 heterocycles. The summed E-state index contributed by atoms with van der Waals surface area (Å²) in [6, 6.07) is 12.8. The maximum Gasteiger partial charge on any atom is 0.335 e. The Bertz CT molecular complexity index is 881. The first kappa shape index (κ1) is 16.6. The molecule has 2 aliphatic rings. The van der Waals surface area contributed by atoms with Gasteiger partial charge >= 0.3 is 5.97 Å². The van der Waals surface area contributed by atoms with Crippen molar-refractivity contribution in [3.8, 4) is 5.75 Å². The highest BCUT2D eigenvalue weighted by Gasteiger charge is 2.49. The first-order valence-corrected chi connectivity index (χ1v) is 8.91. The number of carboxylic acids is 1. The number of nitrogens with one attached hydrogen (secondary N) is 1. The predicted molar refractivity (Wildman–Crippen MR) is 97.8 cm³/mol. The average Bonchev–Trinajstić information content (AvgIpc) is 2.90. The Labute approximate surface area is 152 Å². The lowest BCUT2D eigenvalue weighted by molar-refractivity contribution is -0.122. The molecule has 0 atom stereocenters. The van der Waals surface area contributed by atoms with Crippen LogP contribution in [0.25, 0.3) is 0 Å². The van der Waals surface area contributed by atoms with Gasteiger partial charge < -0.3 is 15.2 Å². The van der Waals surface area contributed by atoms with E-state index in [1.807, 2.05) is 31.2 Å². The van der Waals surface area contributed by atoms with Crippen LogP contribution in [0.3, 0.4) is 0 Å². The summed E-state index contributed by atoms with van der Waals surface area (Å²) in [5.74, 6) is -0.110. The number of amides is 1. The molecule has 1 aliphatic carbocycles. The quantitative estimate of drug-likeness (QED) is 0.879. The van der Waals surface area contributed by atoms with E-state index < -0.39 is 11.4 Å². The van der Waals surface area contributed by atoms with Crippen LogP contribution in [0.15, 0.2) is 42.5 Å². The van der Waals surface area contributed by atoms with Gasteiger partial charge in [-0.2, -0.15) is 0 Å². The third-order valence-electron chi connectivity index (χ3n) is 5.64. The summed E-state index contributed by atoms with van der Waals surface area (Å²) in [7, 11) is 0. The van der Waals surface area contributed by atoms with Crippen LogP contribution >= 0.6 is 0 Å². The van der Waals surface area contributed by atoms with E-state index in [1.165, 1.54) is 6.07 Å². The molecule has 134 valence electrons. The van der Waals surface area contributed by atoms with E-state index in [0.717, 1.165) is 35.4 Å². The predicted octanol–water partition coefficient (Wildman–Crippen LogP) is 3.90. The molecule has 2 aromatic carbocycles. The zero-order chi connectivity index (χ0) is 18.3. The number of aromatic carboxylic acids is 1. The Hall–Kier alpha value is -2.82. The van der Waals surface area contributed by atoms with Gasteiger partial charge in [-0.05, 0) is 68.0 Å². The van der Waals surface area contributed by atoms with Gasteiger partial charge in [-0.3, -0.25) is 4.79 Å². The molecule has 2 aromatic rings. The summed E-state index contributed by atoms with van der Waals surface area (Å²) in [4.78, 5) is 24.0. The molecule has 1 spiro atoms. The fourth-order valence-electron chi connectivity index (χ4n) is 4.11. The van der Waals surface area contributed by atoms with Gasteiger partial charge in [0.05, 0.1) is 17.1 Å². The lowest BCUT2D eigenvalue weighted by atomic mass is 9.69. The van der Waals surface area contributed by atoms with Gasteiger partial charge in [0.1, 0.15) is 5.75 Å². The van der Waals surface area contributed by atoms with Crippen molar-refractivity contribution in [3.05, 3.63) is 59.2 Å². The molecule has 0 saturated heterocycles. The molecule has 0 aromatic heterocycles. The topological polar surface area (TPSA) is 75.6 Å². The van der Waals surface area contributed by atoms with Crippen molar-refractivity contribution in [1.82, 2.24) is 0 Å². The van der Waals surface area contributed by atoms with Gasteiger partial charge in [0, 0.05) is 5.69 Å². The van der Waals surface area contributed by atoms with Gasteiger partial charge in [-0.1, -0.05) is 18.2 Å². The standard InChI is InChI=1S/C21H21NO4/c1-13-4-2-3-5-18(13)26-15-8-10-21(11-9-15)16-12-14(19(23)24)6-7-17(16)22-20(21)25/h2-7,12,15H,8-11H2,1H3,(H,22,25)(H,23,24). The van der Waals surface area contributed by atoms with Gasteiger partial charge in [0.25, 0.3) is 0 Å². The third kappa shape index (κ3) is 2.64. The van der Waals surface area contributed by atoms with Crippen LogP contribution in [-0.4, -0.2) is 23.1 Å². The van der Waals surface area contributed by atoms with Crippen molar-refractivity contribution in [2.24, 2.45) is 0 Å². The molecule has 1 saturated carbocycles. The van der Waals surface area contributed by atoms with Crippen molar-refractivity contribution >= 4 is 17.6 Å². The van der Waals surface area contributed by atoms with Gasteiger partial charge in [-0.15, -0.1) is 0 Å². The molecule has 4 rings (SSSR count). The van der Waals surface area contributed by atoms with E-state index in [9.17, 15) is 14.7 Å². The van der Waals surface area contributed by atoms with Crippen LogP contribution in [-0.2, 0) is 10.2 Å². The lowest BCUT2D eigenvalue weighted by Crippen LogP contribution is -2.41. The first-order chi connectivity index (χ1) is 12.5. The number of ether oxygens (including phenoxy) is 1. The summed E-state index contributed by atoms with van der Waals surface area (Å²) in [6.07, 6.45) is 2.91. The Kier molecular flexibility index (Phi) is 3.94. The van der Waals surface area contributed by atoms with E-state index in [4.69, 9.17) is 4.74 Å². The summed E-state index contributed by atoms with van der Waals surface area (Å²) in [5.41, 5.74) is 2.24. The number of rotatable bonds is 3. The zero-order valence-electron chi connectivity index (χ0n) is 14.6. The summed E-state index contributed by atoms with van der Waals surface area (Å²) in [6.45, 7) is 2.02. The molecule has 0 unspecified atom stereocenters. The van der Waals surface area contributed by atoms with Gasteiger partial charge in [-0.25, -0.2) is 4.79 Å². The van der Waals surface area contributed by atoms with Crippen LogP contribution in [0, 0.1) is 6.92 Å². The van der Waals surface area contributed by atoms with Crippen molar-refractivity contribution < 1.29 is 19.4 Å². The molecule has 1 fully saturated rings. The highest BCUT2D eigenvalue weighted by molar-refractivity contribution is 6.07. The van der Waals surface area contributed by atoms with Crippen molar-refractivity contribution in [3.63, 3.8) is 0 Å². The highest BCUT2D eigenvalue weighted by atomic mass is 16.5. The summed E-state index contributed by atoms with van der Waals surface area (Å²) in [5, 5.41) is 12.2. The number of aryl methyl sites for hydroxylation is 1. The van der Waals surface area contributed by atoms with E-state index >= 15 is 0 Å². The number of anilines is 1. The number of carboxylic acid groups (broad SMARTS) is 1. The maximum absolute atomic E-state index is 12.7. The monoisotopic (exact) mass is 351 g/mol. The molecule has 5 nitrogen and oxygen atoms in total. The lowest BCUT2D eigenvalue weighted by Gasteiger charge is -2.36. The number of fused-ring (bicyclic) bond motifs is 2. The molecule has 0 bridgehead atoms. The second kappa shape index (κ2) is 6.16. The minimum Gasteiger partial charge on any atom is -0.490 e. The van der Waals surface area contributed by atoms with Crippen molar-refractivity contribution in [1.29, 1.82) is 0 Å². The molecule has 5 heteroatoms. The molecule has 1 amide bonds. The second-order valence-electron chi connectivity index (χ2n) is 7.18. The highest BCUT2D eigenvalue weighted by Crippen LogP contribution is 2.48. The smallest absolute Gasteiger partial charge is 0.335 e. The van der Waals surface area contributed by atoms with Gasteiger partial charge in [0.15, 0.2) is 0 Å². The second-order valence-corrected chi connectivity index (χ2v) is 7.18. The van der Waals surface area contributed by atoms with Crippen molar-refractivity contribution in [2.75, 3.05) is 5.32 Å². The number of hydrogen-bond donors (Lipinski definition) is 2. The minimum atomic E-state index is -0.973. The van der Waals surface area contributed by atoms with Crippen LogP contribution in [0.5, 0.6) is 5.75 Å². The first-order valence-electron chi connectivity index (χ1n) is 8.91. The number of benzene rings is 2. The van der Waals surface area contributed by atoms with Crippen LogP contribution in [0.4, 0.5) is 5.69 Å². The number of carbonyl (C=O) groups excluding carboxylic acids is 1. The Morgan fingerprint density at radius 2 is 1.92 bits per heavy atom. The largest absolute Gasteiger partial charge is 0.490 e. The Balaban J connectivity index is 1.55. The van der Waals surface area contributed by atoms with E-state index in [-0.39, 0.29) is 17.6 Å².